The quantitative estimate of drug-likeness (QED) is 0.160. The zero-order valence-corrected chi connectivity index (χ0v) is 43.2. The Balaban J connectivity index is 0.000000171. The lowest BCUT2D eigenvalue weighted by Gasteiger charge is -2.23. The van der Waals surface area contributed by atoms with Crippen molar-refractivity contribution >= 4 is 11.1 Å². The number of rotatable bonds is 7. The van der Waals surface area contributed by atoms with Gasteiger partial charge in [0, 0.05) is 22.1 Å². The van der Waals surface area contributed by atoms with Crippen LogP contribution in [0.1, 0.15) is 98.5 Å². The van der Waals surface area contributed by atoms with Gasteiger partial charge in [-0.05, 0) is 167 Å². The van der Waals surface area contributed by atoms with Gasteiger partial charge in [-0.3, -0.25) is 0 Å². The SMILES string of the molecule is C=C/C=C1\C(=C/C)C(C)(C)c2cc(C)c(-c3cc(-c4cccc5c4CC(/C=C\C)=C5C)ccc3C)cc21.CC.Cc1ccc2c(c1)-c1cccc(-c3nc(-c4ccccc4)nc(-c4ccccc4)n3)c1C2. The summed E-state index contributed by atoms with van der Waals surface area (Å²) in [6.45, 7) is 25.8. The van der Waals surface area contributed by atoms with Crippen molar-refractivity contribution in [2.24, 2.45) is 0 Å². The van der Waals surface area contributed by atoms with E-state index in [1.54, 1.807) is 0 Å². The first-order valence-electron chi connectivity index (χ1n) is 25.3. The highest BCUT2D eigenvalue weighted by atomic mass is 15.0. The molecule has 0 radical (unpaired) electrons. The number of aromatic nitrogens is 3. The van der Waals surface area contributed by atoms with E-state index in [1.807, 2.05) is 80.6 Å². The van der Waals surface area contributed by atoms with E-state index in [0.717, 1.165) is 35.4 Å². The summed E-state index contributed by atoms with van der Waals surface area (Å²) in [5.41, 5.74) is 28.6. The van der Waals surface area contributed by atoms with Gasteiger partial charge in [-0.2, -0.15) is 0 Å². The van der Waals surface area contributed by atoms with Crippen LogP contribution in [0.15, 0.2) is 194 Å². The van der Waals surface area contributed by atoms with Crippen molar-refractivity contribution in [2.45, 2.75) is 87.5 Å². The third-order valence-electron chi connectivity index (χ3n) is 14.5. The van der Waals surface area contributed by atoms with Crippen molar-refractivity contribution in [1.82, 2.24) is 15.0 Å². The van der Waals surface area contributed by atoms with Gasteiger partial charge >= 0.3 is 0 Å². The molecule has 8 aromatic rings. The average Bonchev–Trinajstić information content (AvgIpc) is 4.00. The Hall–Kier alpha value is -7.75. The number of aryl methyl sites for hydroxylation is 3. The number of fused-ring (bicyclic) bond motifs is 5. The van der Waals surface area contributed by atoms with Crippen molar-refractivity contribution in [3.63, 3.8) is 0 Å². The molecule has 3 aliphatic carbocycles. The van der Waals surface area contributed by atoms with E-state index in [-0.39, 0.29) is 5.41 Å². The molecule has 0 spiro atoms. The minimum atomic E-state index is -0.0147. The molecular formula is C68H65N3. The average molecular weight is 924 g/mol. The number of nitrogens with zero attached hydrogens (tertiary/aromatic N) is 3. The standard InChI is InChI=1S/C37H38.C29H21N3.C2H6/c1-9-13-26-20-33-28(25(26)6)15-12-16-29(33)27-18-17-23(4)31(21-27)32-22-34-30(14-10-2)35(11-3)37(7,8)36(34)19-24(32)5;1-19-15-16-22-18-26-23(25(22)17-19)13-8-14-24(26)29-31-27(20-9-4-2-5-10-20)30-28(32-29)21-11-6-3-7-12-21;1-2/h9-19,21-22H,2,20H2,1,3-8H3;2-17H,18H2,1H3;1-2H3/b13-9-,30-14-,35-11+;;. The molecule has 71 heavy (non-hydrogen) atoms. The van der Waals surface area contributed by atoms with Crippen LogP contribution in [0.2, 0.25) is 0 Å². The van der Waals surface area contributed by atoms with Crippen LogP contribution in [-0.4, -0.2) is 15.0 Å². The zero-order valence-electron chi connectivity index (χ0n) is 43.2. The van der Waals surface area contributed by atoms with E-state index in [2.05, 4.69) is 171 Å². The summed E-state index contributed by atoms with van der Waals surface area (Å²) in [7, 11) is 0. The lowest BCUT2D eigenvalue weighted by Crippen LogP contribution is -2.15. The van der Waals surface area contributed by atoms with Crippen molar-refractivity contribution in [3.05, 3.63) is 244 Å². The number of hydrogen-bond donors (Lipinski definition) is 0. The molecule has 3 aliphatic rings. The van der Waals surface area contributed by atoms with Gasteiger partial charge in [0.05, 0.1) is 0 Å². The van der Waals surface area contributed by atoms with Gasteiger partial charge in [0.15, 0.2) is 17.5 Å². The Morgan fingerprint density at radius 3 is 1.76 bits per heavy atom. The van der Waals surface area contributed by atoms with E-state index in [4.69, 9.17) is 15.0 Å². The molecule has 0 N–H and O–H groups in total. The molecule has 0 aliphatic heterocycles. The molecule has 0 atom stereocenters. The summed E-state index contributed by atoms with van der Waals surface area (Å²) in [5.74, 6) is 2.11. The fourth-order valence-corrected chi connectivity index (χ4v) is 11.0. The summed E-state index contributed by atoms with van der Waals surface area (Å²) < 4.78 is 0. The summed E-state index contributed by atoms with van der Waals surface area (Å²) in [6, 6.07) is 52.0. The molecule has 11 rings (SSSR count). The van der Waals surface area contributed by atoms with Crippen LogP contribution in [0.3, 0.4) is 0 Å². The maximum absolute atomic E-state index is 4.94. The van der Waals surface area contributed by atoms with Crippen molar-refractivity contribution in [3.8, 4) is 67.5 Å². The zero-order chi connectivity index (χ0) is 50.0. The Morgan fingerprint density at radius 2 is 1.11 bits per heavy atom. The van der Waals surface area contributed by atoms with Crippen LogP contribution >= 0.6 is 0 Å². The molecule has 1 heterocycles. The Bertz CT molecular complexity index is 3410. The largest absolute Gasteiger partial charge is 0.208 e. The van der Waals surface area contributed by atoms with Crippen LogP contribution in [0.25, 0.3) is 78.7 Å². The second kappa shape index (κ2) is 20.3. The number of hydrogen-bond acceptors (Lipinski definition) is 3. The molecular weight excluding hydrogens is 859 g/mol. The fourth-order valence-electron chi connectivity index (χ4n) is 11.0. The predicted molar refractivity (Wildman–Crippen MR) is 303 cm³/mol. The first-order chi connectivity index (χ1) is 34.5. The van der Waals surface area contributed by atoms with Gasteiger partial charge in [-0.15, -0.1) is 0 Å². The summed E-state index contributed by atoms with van der Waals surface area (Å²) in [6.07, 6.45) is 12.7. The Morgan fingerprint density at radius 1 is 0.507 bits per heavy atom. The smallest absolute Gasteiger partial charge is 0.164 e. The lowest BCUT2D eigenvalue weighted by atomic mass is 9.81. The van der Waals surface area contributed by atoms with Crippen LogP contribution in [0.5, 0.6) is 0 Å². The molecule has 7 aromatic carbocycles. The first kappa shape index (κ1) is 48.3. The van der Waals surface area contributed by atoms with Gasteiger partial charge in [-0.1, -0.05) is 204 Å². The highest BCUT2D eigenvalue weighted by Crippen LogP contribution is 2.52. The fraction of sp³-hybridized carbons (Fsp3) is 0.191. The van der Waals surface area contributed by atoms with E-state index in [9.17, 15) is 0 Å². The predicted octanol–water partition coefficient (Wildman–Crippen LogP) is 18.1. The van der Waals surface area contributed by atoms with Crippen molar-refractivity contribution < 1.29 is 0 Å². The van der Waals surface area contributed by atoms with Gasteiger partial charge in [-0.25, -0.2) is 15.0 Å². The van der Waals surface area contributed by atoms with Crippen molar-refractivity contribution in [2.75, 3.05) is 0 Å². The minimum Gasteiger partial charge on any atom is -0.208 e. The molecule has 3 heteroatoms. The monoisotopic (exact) mass is 924 g/mol. The third-order valence-corrected chi connectivity index (χ3v) is 14.5. The number of allylic oxidation sites excluding steroid dienone is 9. The maximum Gasteiger partial charge on any atom is 0.164 e. The van der Waals surface area contributed by atoms with Gasteiger partial charge < -0.3 is 0 Å². The van der Waals surface area contributed by atoms with Crippen LogP contribution in [-0.2, 0) is 18.3 Å². The van der Waals surface area contributed by atoms with E-state index < -0.39 is 0 Å². The molecule has 0 saturated carbocycles. The van der Waals surface area contributed by atoms with Crippen LogP contribution in [0.4, 0.5) is 0 Å². The van der Waals surface area contributed by atoms with Gasteiger partial charge in [0.2, 0.25) is 0 Å². The third kappa shape index (κ3) is 9.02. The highest BCUT2D eigenvalue weighted by Gasteiger charge is 2.38. The Kier molecular flexibility index (Phi) is 13.8. The number of benzene rings is 7. The molecule has 1 aromatic heterocycles. The molecule has 0 unspecified atom stereocenters. The molecule has 352 valence electrons. The highest BCUT2D eigenvalue weighted by molar-refractivity contribution is 5.94. The van der Waals surface area contributed by atoms with Crippen molar-refractivity contribution in [1.29, 1.82) is 0 Å². The second-order valence-electron chi connectivity index (χ2n) is 19.3. The first-order valence-corrected chi connectivity index (χ1v) is 25.3. The lowest BCUT2D eigenvalue weighted by molar-refractivity contribution is 0.659. The Labute approximate surface area is 422 Å². The molecule has 0 saturated heterocycles. The maximum atomic E-state index is 4.94. The molecule has 0 amide bonds. The minimum absolute atomic E-state index is 0.0147. The van der Waals surface area contributed by atoms with Gasteiger partial charge in [0.1, 0.15) is 0 Å². The topological polar surface area (TPSA) is 38.7 Å². The molecule has 0 bridgehead atoms. The summed E-state index contributed by atoms with van der Waals surface area (Å²) in [5, 5.41) is 0. The molecule has 0 fully saturated rings. The second-order valence-corrected chi connectivity index (χ2v) is 19.3. The van der Waals surface area contributed by atoms with Crippen LogP contribution < -0.4 is 0 Å². The summed E-state index contributed by atoms with van der Waals surface area (Å²) >= 11 is 0. The van der Waals surface area contributed by atoms with E-state index in [1.165, 1.54) is 106 Å². The normalized spacial score (nSPS) is 14.9. The van der Waals surface area contributed by atoms with E-state index in [0.29, 0.717) is 11.6 Å². The molecule has 3 nitrogen and oxygen atoms in total. The van der Waals surface area contributed by atoms with Crippen LogP contribution in [0, 0.1) is 20.8 Å². The summed E-state index contributed by atoms with van der Waals surface area (Å²) in [4.78, 5) is 14.7. The van der Waals surface area contributed by atoms with Gasteiger partial charge in [0.25, 0.3) is 0 Å². The van der Waals surface area contributed by atoms with E-state index >= 15 is 0 Å².